The predicted octanol–water partition coefficient (Wildman–Crippen LogP) is 6.44. The largest absolute Gasteiger partial charge is 0.135 e. The van der Waals surface area contributed by atoms with Crippen LogP contribution in [0.1, 0.15) is 25.0 Å². The Labute approximate surface area is 135 Å². The highest BCUT2D eigenvalue weighted by Gasteiger charge is 2.14. The second-order valence-electron chi connectivity index (χ2n) is 4.61. The maximum absolute atomic E-state index is 6.34. The van der Waals surface area contributed by atoms with E-state index in [9.17, 15) is 0 Å². The highest BCUT2D eigenvalue weighted by molar-refractivity contribution is 14.1. The van der Waals surface area contributed by atoms with Crippen LogP contribution in [0, 0.1) is 3.57 Å². The molecule has 1 aromatic heterocycles. The normalized spacial score (nSPS) is 11.6. The summed E-state index contributed by atoms with van der Waals surface area (Å²) in [5.41, 5.74) is 2.76. The second kappa shape index (κ2) is 5.23. The monoisotopic (exact) mass is 400 g/mol. The van der Waals surface area contributed by atoms with E-state index in [1.54, 1.807) is 0 Å². The lowest BCUT2D eigenvalue weighted by Gasteiger charge is -2.02. The molecule has 3 heteroatoms. The summed E-state index contributed by atoms with van der Waals surface area (Å²) in [6, 6.07) is 8.69. The molecular weight excluding hydrogens is 387 g/mol. The summed E-state index contributed by atoms with van der Waals surface area (Å²) in [6.45, 7) is 4.41. The lowest BCUT2D eigenvalue weighted by atomic mass is 10.1. The molecule has 0 fully saturated rings. The number of benzene rings is 2. The van der Waals surface area contributed by atoms with Gasteiger partial charge in [0.25, 0.3) is 0 Å². The van der Waals surface area contributed by atoms with E-state index in [-0.39, 0.29) is 0 Å². The van der Waals surface area contributed by atoms with Crippen LogP contribution in [0.4, 0.5) is 0 Å². The molecule has 0 nitrogen and oxygen atoms in total. The zero-order chi connectivity index (χ0) is 13.6. The Morgan fingerprint density at radius 2 is 1.53 bits per heavy atom. The Kier molecular flexibility index (Phi) is 3.76. The standard InChI is InChI=1S/C16H14ClIS/c1-3-9-13(17)7-5-11-12-6-8-14(18)10(4-2)16(12)19-15(9)11/h5-8H,3-4H2,1-2H3. The molecule has 0 N–H and O–H groups in total. The van der Waals surface area contributed by atoms with Gasteiger partial charge in [0.15, 0.2) is 0 Å². The van der Waals surface area contributed by atoms with Crippen LogP contribution < -0.4 is 0 Å². The van der Waals surface area contributed by atoms with Gasteiger partial charge in [0, 0.05) is 28.8 Å². The van der Waals surface area contributed by atoms with E-state index >= 15 is 0 Å². The molecule has 0 radical (unpaired) electrons. The third kappa shape index (κ3) is 2.08. The first kappa shape index (κ1) is 13.7. The van der Waals surface area contributed by atoms with E-state index in [1.807, 2.05) is 17.4 Å². The fourth-order valence-electron chi connectivity index (χ4n) is 2.63. The number of halogens is 2. The van der Waals surface area contributed by atoms with E-state index in [0.29, 0.717) is 0 Å². The van der Waals surface area contributed by atoms with Crippen molar-refractivity contribution in [1.82, 2.24) is 0 Å². The summed E-state index contributed by atoms with van der Waals surface area (Å²) in [7, 11) is 0. The Balaban J connectivity index is 2.51. The Hall–Kier alpha value is -0.320. The number of aryl methyl sites for hydroxylation is 2. The molecule has 3 aromatic rings. The smallest absolute Gasteiger partial charge is 0.0452 e. The number of rotatable bonds is 2. The van der Waals surface area contributed by atoms with Crippen LogP contribution in [0.5, 0.6) is 0 Å². The van der Waals surface area contributed by atoms with Crippen molar-refractivity contribution >= 4 is 65.7 Å². The number of thiophene rings is 1. The highest BCUT2D eigenvalue weighted by atomic mass is 127. The quantitative estimate of drug-likeness (QED) is 0.434. The Bertz CT molecular complexity index is 709. The lowest BCUT2D eigenvalue weighted by Crippen LogP contribution is -1.85. The summed E-state index contributed by atoms with van der Waals surface area (Å²) >= 11 is 10.7. The van der Waals surface area contributed by atoms with Crippen LogP contribution in [0.3, 0.4) is 0 Å². The third-order valence-electron chi connectivity index (χ3n) is 3.61. The van der Waals surface area contributed by atoms with Crippen LogP contribution in [-0.2, 0) is 12.8 Å². The van der Waals surface area contributed by atoms with Crippen molar-refractivity contribution in [2.75, 3.05) is 0 Å². The fraction of sp³-hybridized carbons (Fsp3) is 0.250. The molecule has 0 bridgehead atoms. The van der Waals surface area contributed by atoms with Gasteiger partial charge in [-0.1, -0.05) is 37.6 Å². The van der Waals surface area contributed by atoms with Gasteiger partial charge < -0.3 is 0 Å². The average molecular weight is 401 g/mol. The van der Waals surface area contributed by atoms with E-state index in [2.05, 4.69) is 54.6 Å². The molecule has 19 heavy (non-hydrogen) atoms. The maximum atomic E-state index is 6.34. The van der Waals surface area contributed by atoms with Gasteiger partial charge in [-0.15, -0.1) is 11.3 Å². The summed E-state index contributed by atoms with van der Waals surface area (Å²) in [5.74, 6) is 0. The van der Waals surface area contributed by atoms with Gasteiger partial charge in [-0.25, -0.2) is 0 Å². The molecule has 1 heterocycles. The molecule has 98 valence electrons. The van der Waals surface area contributed by atoms with Crippen LogP contribution in [0.25, 0.3) is 20.2 Å². The van der Waals surface area contributed by atoms with Gasteiger partial charge in [-0.3, -0.25) is 0 Å². The predicted molar refractivity (Wildman–Crippen MR) is 95.8 cm³/mol. The van der Waals surface area contributed by atoms with Crippen molar-refractivity contribution < 1.29 is 0 Å². The Morgan fingerprint density at radius 1 is 0.947 bits per heavy atom. The van der Waals surface area contributed by atoms with Gasteiger partial charge in [-0.05, 0) is 58.7 Å². The first-order chi connectivity index (χ1) is 9.17. The maximum Gasteiger partial charge on any atom is 0.0452 e. The van der Waals surface area contributed by atoms with E-state index < -0.39 is 0 Å². The fourth-order valence-corrected chi connectivity index (χ4v) is 5.52. The highest BCUT2D eigenvalue weighted by Crippen LogP contribution is 2.41. The molecule has 0 saturated heterocycles. The zero-order valence-electron chi connectivity index (χ0n) is 10.9. The molecule has 0 amide bonds. The first-order valence-electron chi connectivity index (χ1n) is 6.48. The summed E-state index contributed by atoms with van der Waals surface area (Å²) < 4.78 is 4.16. The van der Waals surface area contributed by atoms with Crippen molar-refractivity contribution in [3.63, 3.8) is 0 Å². The lowest BCUT2D eigenvalue weighted by molar-refractivity contribution is 1.15. The number of hydrogen-bond donors (Lipinski definition) is 0. The molecule has 0 spiro atoms. The van der Waals surface area contributed by atoms with Crippen molar-refractivity contribution in [3.8, 4) is 0 Å². The summed E-state index contributed by atoms with van der Waals surface area (Å²) in [5, 5.41) is 3.63. The Morgan fingerprint density at radius 3 is 2.16 bits per heavy atom. The van der Waals surface area contributed by atoms with Crippen molar-refractivity contribution in [1.29, 1.82) is 0 Å². The van der Waals surface area contributed by atoms with Gasteiger partial charge in [0.2, 0.25) is 0 Å². The van der Waals surface area contributed by atoms with Crippen LogP contribution in [0.15, 0.2) is 24.3 Å². The molecule has 0 atom stereocenters. The number of fused-ring (bicyclic) bond motifs is 3. The zero-order valence-corrected chi connectivity index (χ0v) is 14.6. The van der Waals surface area contributed by atoms with Gasteiger partial charge >= 0.3 is 0 Å². The molecule has 2 aromatic carbocycles. The SMILES string of the molecule is CCc1c(Cl)ccc2c1sc1c(CC)c(I)ccc12. The van der Waals surface area contributed by atoms with Crippen LogP contribution in [0.2, 0.25) is 5.02 Å². The van der Waals surface area contributed by atoms with Crippen molar-refractivity contribution in [2.45, 2.75) is 26.7 Å². The third-order valence-corrected chi connectivity index (χ3v) is 6.31. The topological polar surface area (TPSA) is 0 Å². The molecular formula is C16H14ClIS. The van der Waals surface area contributed by atoms with E-state index in [4.69, 9.17) is 11.6 Å². The van der Waals surface area contributed by atoms with Gasteiger partial charge in [0.1, 0.15) is 0 Å². The van der Waals surface area contributed by atoms with Crippen LogP contribution >= 0.6 is 45.5 Å². The molecule has 0 aliphatic heterocycles. The minimum Gasteiger partial charge on any atom is -0.135 e. The average Bonchev–Trinajstić information content (AvgIpc) is 2.77. The molecule has 3 rings (SSSR count). The molecule has 0 saturated carbocycles. The van der Waals surface area contributed by atoms with Gasteiger partial charge in [0.05, 0.1) is 0 Å². The first-order valence-corrected chi connectivity index (χ1v) is 8.75. The molecule has 0 aliphatic carbocycles. The molecule has 0 unspecified atom stereocenters. The van der Waals surface area contributed by atoms with Crippen LogP contribution in [-0.4, -0.2) is 0 Å². The van der Waals surface area contributed by atoms with E-state index in [1.165, 1.54) is 34.9 Å². The summed E-state index contributed by atoms with van der Waals surface area (Å²) in [4.78, 5) is 0. The molecule has 0 aliphatic rings. The minimum absolute atomic E-state index is 0.898. The minimum atomic E-state index is 0.898. The van der Waals surface area contributed by atoms with E-state index in [0.717, 1.165) is 17.9 Å². The van der Waals surface area contributed by atoms with Gasteiger partial charge in [-0.2, -0.15) is 0 Å². The van der Waals surface area contributed by atoms with Crippen molar-refractivity contribution in [3.05, 3.63) is 44.0 Å². The second-order valence-corrected chi connectivity index (χ2v) is 7.20. The summed E-state index contributed by atoms with van der Waals surface area (Å²) in [6.07, 6.45) is 2.07. The van der Waals surface area contributed by atoms with Crippen molar-refractivity contribution in [2.24, 2.45) is 0 Å². The number of hydrogen-bond acceptors (Lipinski definition) is 1.